The fourth-order valence-corrected chi connectivity index (χ4v) is 3.99. The maximum absolute atomic E-state index is 13.6. The van der Waals surface area contributed by atoms with Crippen molar-refractivity contribution in [2.45, 2.75) is 13.3 Å². The van der Waals surface area contributed by atoms with Crippen molar-refractivity contribution in [3.63, 3.8) is 0 Å². The van der Waals surface area contributed by atoms with Crippen LogP contribution in [0.5, 0.6) is 0 Å². The lowest BCUT2D eigenvalue weighted by Crippen LogP contribution is -2.24. The fourth-order valence-electron chi connectivity index (χ4n) is 3.14. The molecule has 4 rings (SSSR count). The molecule has 0 saturated heterocycles. The summed E-state index contributed by atoms with van der Waals surface area (Å²) in [6, 6.07) is 13.1. The Kier molecular flexibility index (Phi) is 5.92. The minimum atomic E-state index is -0.577. The zero-order valence-corrected chi connectivity index (χ0v) is 17.9. The first-order chi connectivity index (χ1) is 14.9. The van der Waals surface area contributed by atoms with Crippen molar-refractivity contribution in [2.24, 2.45) is 0 Å². The molecule has 4 aromatic rings. The van der Waals surface area contributed by atoms with Crippen LogP contribution in [0.1, 0.15) is 12.5 Å². The van der Waals surface area contributed by atoms with E-state index in [-0.39, 0.29) is 23.3 Å². The summed E-state index contributed by atoms with van der Waals surface area (Å²) in [4.78, 5) is 34.9. The number of carbonyl (C=O) groups is 2. The molecule has 6 nitrogen and oxygen atoms in total. The number of thiazole rings is 1. The number of anilines is 3. The normalized spacial score (nSPS) is 10.8. The second-order valence-electron chi connectivity index (χ2n) is 6.70. The molecular weight excluding hydrogens is 439 g/mol. The van der Waals surface area contributed by atoms with E-state index >= 15 is 0 Å². The number of amides is 2. The predicted octanol–water partition coefficient (Wildman–Crippen LogP) is 5.35. The van der Waals surface area contributed by atoms with Gasteiger partial charge in [0.2, 0.25) is 11.8 Å². The van der Waals surface area contributed by atoms with E-state index in [0.29, 0.717) is 22.8 Å². The highest BCUT2D eigenvalue weighted by Gasteiger charge is 2.18. The zero-order valence-electron chi connectivity index (χ0n) is 16.3. The van der Waals surface area contributed by atoms with E-state index in [9.17, 15) is 14.0 Å². The van der Waals surface area contributed by atoms with Gasteiger partial charge in [-0.15, -0.1) is 11.3 Å². The van der Waals surface area contributed by atoms with Crippen molar-refractivity contribution in [3.8, 4) is 0 Å². The van der Waals surface area contributed by atoms with Crippen molar-refractivity contribution in [2.75, 3.05) is 10.2 Å². The molecule has 0 aliphatic rings. The highest BCUT2D eigenvalue weighted by molar-refractivity contribution is 7.16. The Labute approximate surface area is 186 Å². The Bertz CT molecular complexity index is 1290. The number of nitrogens with one attached hydrogen (secondary N) is 1. The van der Waals surface area contributed by atoms with Gasteiger partial charge in [0.1, 0.15) is 11.6 Å². The molecule has 0 unspecified atom stereocenters. The van der Waals surface area contributed by atoms with Gasteiger partial charge in [-0.3, -0.25) is 14.5 Å². The molecule has 31 heavy (non-hydrogen) atoms. The van der Waals surface area contributed by atoms with Crippen molar-refractivity contribution >= 4 is 62.2 Å². The van der Waals surface area contributed by atoms with Crippen molar-refractivity contribution in [3.05, 3.63) is 76.6 Å². The third-order valence-corrected chi connectivity index (χ3v) is 5.76. The van der Waals surface area contributed by atoms with Crippen LogP contribution in [0.2, 0.25) is 5.02 Å². The molecular formula is C22H16ClFN4O2S. The van der Waals surface area contributed by atoms with Gasteiger partial charge in [-0.2, -0.15) is 0 Å². The third kappa shape index (κ3) is 4.55. The second-order valence-corrected chi connectivity index (χ2v) is 7.96. The van der Waals surface area contributed by atoms with Crippen LogP contribution in [0, 0.1) is 5.82 Å². The SMILES string of the molecule is CC(=O)N(c1ccc2scnc2c1)c1cc(NC(=O)Cc2cccc(F)c2Cl)ccn1. The molecule has 0 bridgehead atoms. The molecule has 9 heteroatoms. The molecule has 0 aliphatic heterocycles. The average molecular weight is 455 g/mol. The van der Waals surface area contributed by atoms with Crippen LogP contribution in [0.25, 0.3) is 10.2 Å². The molecule has 0 spiro atoms. The maximum Gasteiger partial charge on any atom is 0.229 e. The summed E-state index contributed by atoms with van der Waals surface area (Å²) in [5.74, 6) is -0.837. The molecule has 2 amide bonds. The Morgan fingerprint density at radius 2 is 2.00 bits per heavy atom. The molecule has 0 fully saturated rings. The molecule has 2 aromatic heterocycles. The van der Waals surface area contributed by atoms with Crippen LogP contribution in [-0.2, 0) is 16.0 Å². The van der Waals surface area contributed by atoms with Gasteiger partial charge in [0.25, 0.3) is 0 Å². The summed E-state index contributed by atoms with van der Waals surface area (Å²) < 4.78 is 14.6. The molecule has 0 radical (unpaired) electrons. The van der Waals surface area contributed by atoms with Crippen LogP contribution >= 0.6 is 22.9 Å². The van der Waals surface area contributed by atoms with Gasteiger partial charge in [-0.1, -0.05) is 23.7 Å². The fraction of sp³-hybridized carbons (Fsp3) is 0.0909. The number of nitrogens with zero attached hydrogens (tertiary/aromatic N) is 3. The lowest BCUT2D eigenvalue weighted by atomic mass is 10.1. The largest absolute Gasteiger partial charge is 0.326 e. The summed E-state index contributed by atoms with van der Waals surface area (Å²) >= 11 is 7.44. The van der Waals surface area contributed by atoms with Crippen molar-refractivity contribution in [1.82, 2.24) is 9.97 Å². The van der Waals surface area contributed by atoms with E-state index in [1.807, 2.05) is 18.2 Å². The number of halogens is 2. The van der Waals surface area contributed by atoms with Crippen LogP contribution in [0.15, 0.2) is 60.2 Å². The summed E-state index contributed by atoms with van der Waals surface area (Å²) in [5, 5.41) is 2.66. The van der Waals surface area contributed by atoms with E-state index in [1.54, 1.807) is 23.7 Å². The first-order valence-corrected chi connectivity index (χ1v) is 10.5. The van der Waals surface area contributed by atoms with E-state index in [4.69, 9.17) is 11.6 Å². The first-order valence-electron chi connectivity index (χ1n) is 9.25. The maximum atomic E-state index is 13.6. The smallest absolute Gasteiger partial charge is 0.229 e. The Morgan fingerprint density at radius 3 is 2.81 bits per heavy atom. The number of aromatic nitrogens is 2. The predicted molar refractivity (Wildman–Crippen MR) is 120 cm³/mol. The Balaban J connectivity index is 1.57. The molecule has 0 saturated carbocycles. The quantitative estimate of drug-likeness (QED) is 0.441. The van der Waals surface area contributed by atoms with Gasteiger partial charge >= 0.3 is 0 Å². The number of pyridine rings is 1. The zero-order chi connectivity index (χ0) is 22.0. The molecule has 2 heterocycles. The van der Waals surface area contributed by atoms with Gasteiger partial charge in [0, 0.05) is 24.9 Å². The molecule has 156 valence electrons. The van der Waals surface area contributed by atoms with E-state index in [0.717, 1.165) is 10.2 Å². The molecule has 2 aromatic carbocycles. The van der Waals surface area contributed by atoms with Crippen LogP contribution in [-0.4, -0.2) is 21.8 Å². The number of fused-ring (bicyclic) bond motifs is 1. The molecule has 1 N–H and O–H groups in total. The highest BCUT2D eigenvalue weighted by atomic mass is 35.5. The Morgan fingerprint density at radius 1 is 1.16 bits per heavy atom. The Hall–Kier alpha value is -3.36. The summed E-state index contributed by atoms with van der Waals surface area (Å²) in [6.07, 6.45) is 1.41. The second kappa shape index (κ2) is 8.79. The van der Waals surface area contributed by atoms with Crippen molar-refractivity contribution < 1.29 is 14.0 Å². The lowest BCUT2D eigenvalue weighted by Gasteiger charge is -2.21. The third-order valence-electron chi connectivity index (χ3n) is 4.53. The summed E-state index contributed by atoms with van der Waals surface area (Å²) in [5.41, 5.74) is 3.98. The number of rotatable bonds is 5. The highest BCUT2D eigenvalue weighted by Crippen LogP contribution is 2.30. The number of benzene rings is 2. The lowest BCUT2D eigenvalue weighted by molar-refractivity contribution is -0.116. The first kappa shape index (κ1) is 20.9. The van der Waals surface area contributed by atoms with Gasteiger partial charge in [0.05, 0.1) is 32.9 Å². The van der Waals surface area contributed by atoms with Crippen molar-refractivity contribution in [1.29, 1.82) is 0 Å². The standard InChI is InChI=1S/C22H16ClFN4O2S/c1-13(29)28(16-5-6-19-18(11-16)26-12-31-19)20-10-15(7-8-25-20)27-21(30)9-14-3-2-4-17(24)22(14)23/h2-8,10-12H,9H2,1H3,(H,25,27,30). The summed E-state index contributed by atoms with van der Waals surface area (Å²) in [6.45, 7) is 1.43. The van der Waals surface area contributed by atoms with Gasteiger partial charge in [-0.25, -0.2) is 14.4 Å². The van der Waals surface area contributed by atoms with E-state index < -0.39 is 5.82 Å². The minimum Gasteiger partial charge on any atom is -0.326 e. The number of hydrogen-bond donors (Lipinski definition) is 1. The number of hydrogen-bond acceptors (Lipinski definition) is 5. The molecule has 0 aliphatic carbocycles. The van der Waals surface area contributed by atoms with E-state index in [1.165, 1.54) is 41.5 Å². The van der Waals surface area contributed by atoms with Crippen LogP contribution in [0.3, 0.4) is 0 Å². The van der Waals surface area contributed by atoms with Gasteiger partial charge in [0.15, 0.2) is 0 Å². The van der Waals surface area contributed by atoms with Crippen LogP contribution < -0.4 is 10.2 Å². The number of carbonyl (C=O) groups excluding carboxylic acids is 2. The summed E-state index contributed by atoms with van der Waals surface area (Å²) in [7, 11) is 0. The van der Waals surface area contributed by atoms with E-state index in [2.05, 4.69) is 15.3 Å². The minimum absolute atomic E-state index is 0.0757. The monoisotopic (exact) mass is 454 g/mol. The van der Waals surface area contributed by atoms with Gasteiger partial charge < -0.3 is 5.32 Å². The topological polar surface area (TPSA) is 75.2 Å². The van der Waals surface area contributed by atoms with Gasteiger partial charge in [-0.05, 0) is 35.9 Å². The molecule has 0 atom stereocenters. The average Bonchev–Trinajstić information content (AvgIpc) is 3.19. The van der Waals surface area contributed by atoms with Crippen LogP contribution in [0.4, 0.5) is 21.6 Å².